The molecule has 1 heterocycles. The molecule has 2 N–H and O–H groups in total. The molecule has 1 aromatic heterocycles. The number of thiazole rings is 1. The Balaban J connectivity index is 1.96. The lowest BCUT2D eigenvalue weighted by Crippen LogP contribution is -2.36. The van der Waals surface area contributed by atoms with Crippen LogP contribution in [0.3, 0.4) is 0 Å². The monoisotopic (exact) mass is 344 g/mol. The lowest BCUT2D eigenvalue weighted by molar-refractivity contribution is 0.570. The molecular formula is C19H28N4S. The van der Waals surface area contributed by atoms with Gasteiger partial charge in [-0.1, -0.05) is 50.6 Å². The summed E-state index contributed by atoms with van der Waals surface area (Å²) in [4.78, 5) is 9.37. The van der Waals surface area contributed by atoms with E-state index < -0.39 is 0 Å². The molecule has 4 nitrogen and oxygen atoms in total. The smallest absolute Gasteiger partial charge is 0.191 e. The average Bonchev–Trinajstić information content (AvgIpc) is 3.01. The third kappa shape index (κ3) is 5.64. The van der Waals surface area contributed by atoms with Crippen molar-refractivity contribution in [3.8, 4) is 0 Å². The van der Waals surface area contributed by atoms with Crippen molar-refractivity contribution in [2.24, 2.45) is 4.99 Å². The predicted molar refractivity (Wildman–Crippen MR) is 104 cm³/mol. The zero-order valence-corrected chi connectivity index (χ0v) is 16.1. The molecule has 0 spiro atoms. The number of nitrogens with zero attached hydrogens (tertiary/aromatic N) is 2. The summed E-state index contributed by atoms with van der Waals surface area (Å²) in [5, 5.41) is 9.89. The second-order valence-corrected chi connectivity index (χ2v) is 7.85. The van der Waals surface area contributed by atoms with Gasteiger partial charge >= 0.3 is 0 Å². The Bertz CT molecular complexity index is 665. The minimum absolute atomic E-state index is 0.0960. The molecule has 0 bridgehead atoms. The molecule has 1 aromatic carbocycles. The number of nitrogens with one attached hydrogen (secondary N) is 2. The molecule has 130 valence electrons. The van der Waals surface area contributed by atoms with E-state index >= 15 is 0 Å². The molecule has 0 saturated carbocycles. The van der Waals surface area contributed by atoms with Crippen LogP contribution in [0.5, 0.6) is 0 Å². The molecule has 0 fully saturated rings. The maximum absolute atomic E-state index is 4.71. The van der Waals surface area contributed by atoms with Gasteiger partial charge in [0.15, 0.2) is 5.96 Å². The minimum Gasteiger partial charge on any atom is -0.357 e. The van der Waals surface area contributed by atoms with Crippen LogP contribution in [0.2, 0.25) is 0 Å². The summed E-state index contributed by atoms with van der Waals surface area (Å²) < 4.78 is 0. The van der Waals surface area contributed by atoms with Gasteiger partial charge in [-0.25, -0.2) is 9.98 Å². The molecule has 0 aliphatic carbocycles. The highest BCUT2D eigenvalue weighted by atomic mass is 32.1. The molecule has 0 unspecified atom stereocenters. The van der Waals surface area contributed by atoms with E-state index in [0.29, 0.717) is 13.1 Å². The molecule has 0 amide bonds. The number of benzene rings is 1. The number of hydrogen-bond donors (Lipinski definition) is 2. The molecule has 2 rings (SSSR count). The zero-order chi connectivity index (χ0) is 17.6. The first-order valence-corrected chi connectivity index (χ1v) is 9.29. The first-order valence-electron chi connectivity index (χ1n) is 8.41. The highest BCUT2D eigenvalue weighted by Crippen LogP contribution is 2.23. The second-order valence-electron chi connectivity index (χ2n) is 6.91. The molecular weight excluding hydrogens is 316 g/mol. The molecule has 5 heteroatoms. The molecule has 2 aromatic rings. The van der Waals surface area contributed by atoms with Crippen LogP contribution in [0.1, 0.15) is 49.5 Å². The van der Waals surface area contributed by atoms with Crippen LogP contribution in [-0.4, -0.2) is 17.5 Å². The Labute approximate surface area is 149 Å². The van der Waals surface area contributed by atoms with Crippen LogP contribution >= 0.6 is 11.3 Å². The van der Waals surface area contributed by atoms with E-state index in [1.165, 1.54) is 11.1 Å². The number of aryl methyl sites for hydroxylation is 1. The Morgan fingerprint density at radius 3 is 2.46 bits per heavy atom. The van der Waals surface area contributed by atoms with Crippen LogP contribution in [0.15, 0.2) is 34.6 Å². The molecule has 24 heavy (non-hydrogen) atoms. The highest BCUT2D eigenvalue weighted by Gasteiger charge is 2.17. The van der Waals surface area contributed by atoms with Crippen LogP contribution in [0.25, 0.3) is 0 Å². The second kappa shape index (κ2) is 8.29. The highest BCUT2D eigenvalue weighted by molar-refractivity contribution is 7.09. The van der Waals surface area contributed by atoms with E-state index in [-0.39, 0.29) is 5.41 Å². The van der Waals surface area contributed by atoms with Gasteiger partial charge in [-0.05, 0) is 19.4 Å². The maximum Gasteiger partial charge on any atom is 0.191 e. The molecule has 0 atom stereocenters. The van der Waals surface area contributed by atoms with E-state index in [9.17, 15) is 0 Å². The van der Waals surface area contributed by atoms with Crippen molar-refractivity contribution in [1.82, 2.24) is 15.6 Å². The number of guanidine groups is 1. The SMILES string of the molecule is CCNC(=NCc1ccc(C)cc1)NCc1nc(C(C)(C)C)cs1. The van der Waals surface area contributed by atoms with Crippen LogP contribution in [0, 0.1) is 6.92 Å². The third-order valence-electron chi connectivity index (χ3n) is 3.61. The Kier molecular flexibility index (Phi) is 6.37. The van der Waals surface area contributed by atoms with Crippen molar-refractivity contribution < 1.29 is 0 Å². The summed E-state index contributed by atoms with van der Waals surface area (Å²) in [6.07, 6.45) is 0. The van der Waals surface area contributed by atoms with Crippen LogP contribution in [0.4, 0.5) is 0 Å². The van der Waals surface area contributed by atoms with E-state index in [1.807, 2.05) is 0 Å². The predicted octanol–water partition coefficient (Wildman–Crippen LogP) is 4.00. The Morgan fingerprint density at radius 1 is 1.17 bits per heavy atom. The van der Waals surface area contributed by atoms with Gasteiger partial charge in [0.2, 0.25) is 0 Å². The van der Waals surface area contributed by atoms with Gasteiger partial charge in [0.1, 0.15) is 5.01 Å². The summed E-state index contributed by atoms with van der Waals surface area (Å²) in [5.41, 5.74) is 3.72. The fourth-order valence-electron chi connectivity index (χ4n) is 2.10. The summed E-state index contributed by atoms with van der Waals surface area (Å²) >= 11 is 1.70. The zero-order valence-electron chi connectivity index (χ0n) is 15.3. The van der Waals surface area contributed by atoms with Crippen molar-refractivity contribution in [3.05, 3.63) is 51.5 Å². The van der Waals surface area contributed by atoms with Gasteiger partial charge < -0.3 is 10.6 Å². The largest absolute Gasteiger partial charge is 0.357 e. The van der Waals surface area contributed by atoms with Gasteiger partial charge in [0, 0.05) is 17.3 Å². The van der Waals surface area contributed by atoms with Crippen molar-refractivity contribution in [2.75, 3.05) is 6.54 Å². The number of hydrogen-bond acceptors (Lipinski definition) is 3. The topological polar surface area (TPSA) is 49.3 Å². The Hall–Kier alpha value is -1.88. The van der Waals surface area contributed by atoms with Crippen molar-refractivity contribution >= 4 is 17.3 Å². The van der Waals surface area contributed by atoms with Crippen molar-refractivity contribution in [1.29, 1.82) is 0 Å². The number of aromatic nitrogens is 1. The Morgan fingerprint density at radius 2 is 1.88 bits per heavy atom. The molecule has 0 radical (unpaired) electrons. The fraction of sp³-hybridized carbons (Fsp3) is 0.474. The van der Waals surface area contributed by atoms with E-state index in [1.54, 1.807) is 11.3 Å². The summed E-state index contributed by atoms with van der Waals surface area (Å²) in [7, 11) is 0. The summed E-state index contributed by atoms with van der Waals surface area (Å²) in [6.45, 7) is 12.9. The number of rotatable bonds is 5. The lowest BCUT2D eigenvalue weighted by atomic mass is 9.93. The normalized spacial score (nSPS) is 12.3. The van der Waals surface area contributed by atoms with Gasteiger partial charge in [0.05, 0.1) is 18.8 Å². The first-order chi connectivity index (χ1) is 11.4. The van der Waals surface area contributed by atoms with Gasteiger partial charge in [-0.3, -0.25) is 0 Å². The maximum atomic E-state index is 4.71. The van der Waals surface area contributed by atoms with Crippen molar-refractivity contribution in [2.45, 2.75) is 53.1 Å². The number of aliphatic imine (C=N–C) groups is 1. The molecule has 0 aliphatic heterocycles. The standard InChI is InChI=1S/C19H28N4S/c1-6-20-18(21-11-15-9-7-14(2)8-10-15)22-12-17-23-16(13-24-17)19(3,4)5/h7-10,13H,6,11-12H2,1-5H3,(H2,20,21,22). The van der Waals surface area contributed by atoms with Crippen molar-refractivity contribution in [3.63, 3.8) is 0 Å². The molecule has 0 aliphatic rings. The van der Waals surface area contributed by atoms with Crippen LogP contribution in [-0.2, 0) is 18.5 Å². The summed E-state index contributed by atoms with van der Waals surface area (Å²) in [6, 6.07) is 8.49. The van der Waals surface area contributed by atoms with Gasteiger partial charge in [0.25, 0.3) is 0 Å². The fourth-order valence-corrected chi connectivity index (χ4v) is 3.06. The van der Waals surface area contributed by atoms with Gasteiger partial charge in [-0.2, -0.15) is 0 Å². The van der Waals surface area contributed by atoms with E-state index in [0.717, 1.165) is 23.2 Å². The van der Waals surface area contributed by atoms with Gasteiger partial charge in [-0.15, -0.1) is 11.3 Å². The van der Waals surface area contributed by atoms with E-state index in [2.05, 4.69) is 79.9 Å². The lowest BCUT2D eigenvalue weighted by Gasteiger charge is -2.14. The quantitative estimate of drug-likeness (QED) is 0.636. The molecule has 0 saturated heterocycles. The average molecular weight is 345 g/mol. The third-order valence-corrected chi connectivity index (χ3v) is 4.46. The van der Waals surface area contributed by atoms with Crippen LogP contribution < -0.4 is 10.6 Å². The minimum atomic E-state index is 0.0960. The summed E-state index contributed by atoms with van der Waals surface area (Å²) in [5.74, 6) is 0.825. The first kappa shape index (κ1) is 18.5. The van der Waals surface area contributed by atoms with E-state index in [4.69, 9.17) is 4.98 Å².